The van der Waals surface area contributed by atoms with Crippen molar-refractivity contribution >= 4 is 0 Å². The van der Waals surface area contributed by atoms with Crippen LogP contribution in [0.5, 0.6) is 0 Å². The monoisotopic (exact) mass is 177 g/mol. The van der Waals surface area contributed by atoms with Crippen molar-refractivity contribution in [1.82, 2.24) is 0 Å². The van der Waals surface area contributed by atoms with E-state index in [4.69, 9.17) is 5.73 Å². The zero-order valence-electron chi connectivity index (χ0n) is 8.96. The fourth-order valence-electron chi connectivity index (χ4n) is 1.49. The van der Waals surface area contributed by atoms with E-state index < -0.39 is 0 Å². The van der Waals surface area contributed by atoms with Gasteiger partial charge in [0.05, 0.1) is 0 Å². The van der Waals surface area contributed by atoms with Gasteiger partial charge in [-0.15, -0.1) is 0 Å². The van der Waals surface area contributed by atoms with Crippen molar-refractivity contribution in [2.75, 3.05) is 0 Å². The smallest absolute Gasteiger partial charge is 0.0320 e. The highest BCUT2D eigenvalue weighted by Crippen LogP contribution is 2.23. The van der Waals surface area contributed by atoms with Crippen molar-refractivity contribution in [2.45, 2.75) is 33.7 Å². The van der Waals surface area contributed by atoms with Gasteiger partial charge in [0.1, 0.15) is 0 Å². The minimum absolute atomic E-state index is 0.167. The highest BCUT2D eigenvalue weighted by Gasteiger charge is 2.12. The van der Waals surface area contributed by atoms with Crippen molar-refractivity contribution in [3.63, 3.8) is 0 Å². The molecule has 72 valence electrons. The van der Waals surface area contributed by atoms with E-state index in [0.29, 0.717) is 5.92 Å². The van der Waals surface area contributed by atoms with E-state index in [1.807, 2.05) is 0 Å². The molecule has 0 radical (unpaired) electrons. The Morgan fingerprint density at radius 2 is 1.77 bits per heavy atom. The van der Waals surface area contributed by atoms with Gasteiger partial charge in [0.15, 0.2) is 0 Å². The molecule has 0 amide bonds. The van der Waals surface area contributed by atoms with Crippen molar-refractivity contribution in [3.05, 3.63) is 34.9 Å². The van der Waals surface area contributed by atoms with Gasteiger partial charge >= 0.3 is 0 Å². The molecule has 1 aromatic carbocycles. The van der Waals surface area contributed by atoms with Crippen LogP contribution in [0.2, 0.25) is 0 Å². The molecule has 0 heterocycles. The van der Waals surface area contributed by atoms with Gasteiger partial charge in [-0.3, -0.25) is 0 Å². The van der Waals surface area contributed by atoms with Crippen molar-refractivity contribution in [2.24, 2.45) is 11.7 Å². The average molecular weight is 177 g/mol. The fraction of sp³-hybridized carbons (Fsp3) is 0.500. The summed E-state index contributed by atoms with van der Waals surface area (Å²) in [4.78, 5) is 0. The summed E-state index contributed by atoms with van der Waals surface area (Å²) in [5, 5.41) is 0. The lowest BCUT2D eigenvalue weighted by Gasteiger charge is -2.19. The zero-order chi connectivity index (χ0) is 10.0. The van der Waals surface area contributed by atoms with Crippen LogP contribution in [0, 0.1) is 19.8 Å². The number of rotatable bonds is 2. The average Bonchev–Trinajstić information content (AvgIpc) is 2.08. The third-order valence-corrected chi connectivity index (χ3v) is 2.72. The van der Waals surface area contributed by atoms with Gasteiger partial charge in [0, 0.05) is 6.04 Å². The quantitative estimate of drug-likeness (QED) is 0.738. The molecule has 0 aliphatic heterocycles. The predicted octanol–water partition coefficient (Wildman–Crippen LogP) is 2.96. The molecule has 1 nitrogen and oxygen atoms in total. The highest BCUT2D eigenvalue weighted by molar-refractivity contribution is 5.35. The van der Waals surface area contributed by atoms with Crippen LogP contribution < -0.4 is 5.73 Å². The summed E-state index contributed by atoms with van der Waals surface area (Å²) in [6, 6.07) is 6.51. The van der Waals surface area contributed by atoms with Crippen molar-refractivity contribution in [3.8, 4) is 0 Å². The second kappa shape index (κ2) is 3.93. The van der Waals surface area contributed by atoms with E-state index >= 15 is 0 Å². The molecule has 0 bridgehead atoms. The number of aryl methyl sites for hydroxylation is 1. The lowest BCUT2D eigenvalue weighted by Crippen LogP contribution is -2.18. The first-order valence-electron chi connectivity index (χ1n) is 4.85. The first-order valence-corrected chi connectivity index (χ1v) is 4.85. The fourth-order valence-corrected chi connectivity index (χ4v) is 1.49. The third kappa shape index (κ3) is 2.10. The summed E-state index contributed by atoms with van der Waals surface area (Å²) >= 11 is 0. The van der Waals surface area contributed by atoms with Crippen LogP contribution in [0.4, 0.5) is 0 Å². The summed E-state index contributed by atoms with van der Waals surface area (Å²) in [6.45, 7) is 8.59. The normalized spacial score (nSPS) is 13.4. The van der Waals surface area contributed by atoms with E-state index in [2.05, 4.69) is 45.9 Å². The molecule has 2 N–H and O–H groups in total. The maximum atomic E-state index is 6.11. The first-order chi connectivity index (χ1) is 6.04. The van der Waals surface area contributed by atoms with E-state index in [0.717, 1.165) is 0 Å². The van der Waals surface area contributed by atoms with Gasteiger partial charge in [0.25, 0.3) is 0 Å². The molecule has 0 aliphatic rings. The second-order valence-corrected chi connectivity index (χ2v) is 4.06. The zero-order valence-corrected chi connectivity index (χ0v) is 8.96. The lowest BCUT2D eigenvalue weighted by atomic mass is 9.91. The van der Waals surface area contributed by atoms with Crippen molar-refractivity contribution < 1.29 is 0 Å². The molecule has 0 aliphatic carbocycles. The SMILES string of the molecule is Cc1cccc([C@@H](N)C(C)C)c1C. The first kappa shape index (κ1) is 10.3. The Hall–Kier alpha value is -0.820. The number of hydrogen-bond acceptors (Lipinski definition) is 1. The molecule has 0 aromatic heterocycles. The van der Waals surface area contributed by atoms with Gasteiger partial charge in [-0.25, -0.2) is 0 Å². The molecular formula is C12H19N. The van der Waals surface area contributed by atoms with Crippen LogP contribution in [0.1, 0.15) is 36.6 Å². The van der Waals surface area contributed by atoms with E-state index in [9.17, 15) is 0 Å². The largest absolute Gasteiger partial charge is 0.324 e. The Balaban J connectivity index is 3.07. The molecule has 0 saturated carbocycles. The Morgan fingerprint density at radius 3 is 2.31 bits per heavy atom. The summed E-state index contributed by atoms with van der Waals surface area (Å²) in [6.07, 6.45) is 0. The van der Waals surface area contributed by atoms with Gasteiger partial charge < -0.3 is 5.73 Å². The predicted molar refractivity (Wildman–Crippen MR) is 57.7 cm³/mol. The number of nitrogens with two attached hydrogens (primary N) is 1. The van der Waals surface area contributed by atoms with Gasteiger partial charge in [-0.05, 0) is 36.5 Å². The Kier molecular flexibility index (Phi) is 3.10. The summed E-state index contributed by atoms with van der Waals surface area (Å²) < 4.78 is 0. The maximum absolute atomic E-state index is 6.11. The van der Waals surface area contributed by atoms with Crippen LogP contribution in [0.25, 0.3) is 0 Å². The Labute approximate surface area is 81.0 Å². The van der Waals surface area contributed by atoms with Crippen molar-refractivity contribution in [1.29, 1.82) is 0 Å². The van der Waals surface area contributed by atoms with Crippen LogP contribution in [0.3, 0.4) is 0 Å². The molecule has 0 spiro atoms. The van der Waals surface area contributed by atoms with Gasteiger partial charge in [-0.2, -0.15) is 0 Å². The topological polar surface area (TPSA) is 26.0 Å². The summed E-state index contributed by atoms with van der Waals surface area (Å²) in [7, 11) is 0. The van der Waals surface area contributed by atoms with Crippen LogP contribution in [-0.2, 0) is 0 Å². The van der Waals surface area contributed by atoms with Gasteiger partial charge in [-0.1, -0.05) is 32.0 Å². The summed E-state index contributed by atoms with van der Waals surface area (Å²) in [5.41, 5.74) is 10.1. The molecule has 1 atom stereocenters. The molecule has 1 aromatic rings. The second-order valence-electron chi connectivity index (χ2n) is 4.06. The molecular weight excluding hydrogens is 158 g/mol. The minimum Gasteiger partial charge on any atom is -0.324 e. The van der Waals surface area contributed by atoms with Crippen LogP contribution in [-0.4, -0.2) is 0 Å². The van der Waals surface area contributed by atoms with E-state index in [-0.39, 0.29) is 6.04 Å². The molecule has 0 unspecified atom stereocenters. The molecule has 13 heavy (non-hydrogen) atoms. The summed E-state index contributed by atoms with van der Waals surface area (Å²) in [5.74, 6) is 0.500. The minimum atomic E-state index is 0.167. The molecule has 0 fully saturated rings. The molecule has 1 rings (SSSR count). The Morgan fingerprint density at radius 1 is 1.15 bits per heavy atom. The van der Waals surface area contributed by atoms with E-state index in [1.54, 1.807) is 0 Å². The maximum Gasteiger partial charge on any atom is 0.0320 e. The van der Waals surface area contributed by atoms with Gasteiger partial charge in [0.2, 0.25) is 0 Å². The van der Waals surface area contributed by atoms with Crippen LogP contribution >= 0.6 is 0 Å². The highest BCUT2D eigenvalue weighted by atomic mass is 14.6. The third-order valence-electron chi connectivity index (χ3n) is 2.72. The molecule has 0 saturated heterocycles. The molecule has 1 heteroatoms. The lowest BCUT2D eigenvalue weighted by molar-refractivity contribution is 0.512. The number of benzene rings is 1. The van der Waals surface area contributed by atoms with E-state index in [1.165, 1.54) is 16.7 Å². The number of hydrogen-bond donors (Lipinski definition) is 1. The van der Waals surface area contributed by atoms with Crippen LogP contribution in [0.15, 0.2) is 18.2 Å². The standard InChI is InChI=1S/C12H19N/c1-8(2)12(13)11-7-5-6-9(3)10(11)4/h5-8,12H,13H2,1-4H3/t12-/m0/s1. The Bertz CT molecular complexity index is 289.